The van der Waals surface area contributed by atoms with Crippen LogP contribution in [0.1, 0.15) is 20.8 Å². The first-order valence-corrected chi connectivity index (χ1v) is 5.31. The van der Waals surface area contributed by atoms with E-state index in [0.717, 1.165) is 19.6 Å². The molecule has 4 N–H and O–H groups in total. The van der Waals surface area contributed by atoms with Crippen molar-refractivity contribution in [1.29, 1.82) is 0 Å². The van der Waals surface area contributed by atoms with Crippen molar-refractivity contribution in [2.75, 3.05) is 33.7 Å². The predicted octanol–water partition coefficient (Wildman–Crippen LogP) is 0.00300. The minimum Gasteiger partial charge on any atom is -0.356 e. The molecule has 5 nitrogen and oxygen atoms in total. The zero-order chi connectivity index (χ0) is 11.9. The fourth-order valence-electron chi connectivity index (χ4n) is 1.52. The Morgan fingerprint density at radius 3 is 2.40 bits per heavy atom. The average Bonchev–Trinajstić information content (AvgIpc) is 2.10. The first-order chi connectivity index (χ1) is 6.91. The zero-order valence-corrected chi connectivity index (χ0v) is 10.6. The van der Waals surface area contributed by atoms with E-state index in [0.29, 0.717) is 5.96 Å². The maximum atomic E-state index is 5.34. The van der Waals surface area contributed by atoms with Crippen molar-refractivity contribution < 1.29 is 0 Å². The SMILES string of the molecule is CCNC(=NCC(C)(C)CN(C)C)NN. The van der Waals surface area contributed by atoms with E-state index >= 15 is 0 Å². The lowest BCUT2D eigenvalue weighted by Gasteiger charge is -2.26. The Kier molecular flexibility index (Phi) is 6.27. The van der Waals surface area contributed by atoms with Crippen LogP contribution in [0, 0.1) is 5.41 Å². The van der Waals surface area contributed by atoms with Gasteiger partial charge in [0, 0.05) is 19.6 Å². The van der Waals surface area contributed by atoms with Crippen LogP contribution in [0.3, 0.4) is 0 Å². The summed E-state index contributed by atoms with van der Waals surface area (Å²) in [5.74, 6) is 5.99. The van der Waals surface area contributed by atoms with Gasteiger partial charge in [0.1, 0.15) is 0 Å². The maximum absolute atomic E-state index is 5.34. The summed E-state index contributed by atoms with van der Waals surface area (Å²) in [4.78, 5) is 6.56. The van der Waals surface area contributed by atoms with E-state index in [2.05, 4.69) is 48.6 Å². The first-order valence-electron chi connectivity index (χ1n) is 5.31. The number of aliphatic imine (C=N–C) groups is 1. The molecule has 0 amide bonds. The molecule has 0 saturated carbocycles. The van der Waals surface area contributed by atoms with Crippen molar-refractivity contribution in [1.82, 2.24) is 15.6 Å². The van der Waals surface area contributed by atoms with Crippen LogP contribution in [0.4, 0.5) is 0 Å². The van der Waals surface area contributed by atoms with Crippen LogP contribution in [0.15, 0.2) is 4.99 Å². The fraction of sp³-hybridized carbons (Fsp3) is 0.900. The summed E-state index contributed by atoms with van der Waals surface area (Å²) in [5.41, 5.74) is 2.71. The first kappa shape index (κ1) is 14.2. The lowest BCUT2D eigenvalue weighted by Crippen LogP contribution is -2.42. The molecule has 0 aromatic carbocycles. The Morgan fingerprint density at radius 2 is 2.00 bits per heavy atom. The van der Waals surface area contributed by atoms with Crippen molar-refractivity contribution in [2.45, 2.75) is 20.8 Å². The van der Waals surface area contributed by atoms with Gasteiger partial charge in [0.05, 0.1) is 0 Å². The van der Waals surface area contributed by atoms with E-state index in [9.17, 15) is 0 Å². The van der Waals surface area contributed by atoms with Crippen LogP contribution < -0.4 is 16.6 Å². The van der Waals surface area contributed by atoms with Gasteiger partial charge in [-0.1, -0.05) is 13.8 Å². The highest BCUT2D eigenvalue weighted by Gasteiger charge is 2.18. The summed E-state index contributed by atoms with van der Waals surface area (Å²) >= 11 is 0. The van der Waals surface area contributed by atoms with Gasteiger partial charge in [-0.2, -0.15) is 0 Å². The monoisotopic (exact) mass is 215 g/mol. The lowest BCUT2D eigenvalue weighted by molar-refractivity contribution is 0.248. The van der Waals surface area contributed by atoms with Crippen molar-refractivity contribution in [3.8, 4) is 0 Å². The van der Waals surface area contributed by atoms with Gasteiger partial charge < -0.3 is 10.2 Å². The number of hydrogen-bond donors (Lipinski definition) is 3. The molecule has 0 rings (SSSR count). The minimum absolute atomic E-state index is 0.154. The quantitative estimate of drug-likeness (QED) is 0.261. The second-order valence-corrected chi connectivity index (χ2v) is 4.74. The molecule has 0 aliphatic rings. The summed E-state index contributed by atoms with van der Waals surface area (Å²) in [6.45, 7) is 8.96. The molecule has 0 aromatic heterocycles. The number of hydrogen-bond acceptors (Lipinski definition) is 3. The number of nitrogens with zero attached hydrogens (tertiary/aromatic N) is 2. The largest absolute Gasteiger partial charge is 0.356 e. The van der Waals surface area contributed by atoms with Gasteiger partial charge in [0.15, 0.2) is 0 Å². The fourth-order valence-corrected chi connectivity index (χ4v) is 1.52. The van der Waals surface area contributed by atoms with Crippen LogP contribution in [-0.2, 0) is 0 Å². The molecule has 0 saturated heterocycles. The molecular weight excluding hydrogens is 190 g/mol. The molecule has 0 aliphatic carbocycles. The smallest absolute Gasteiger partial charge is 0.205 e. The zero-order valence-electron chi connectivity index (χ0n) is 10.6. The molecule has 90 valence electrons. The third-order valence-corrected chi connectivity index (χ3v) is 1.89. The molecule has 15 heavy (non-hydrogen) atoms. The molecule has 0 bridgehead atoms. The Labute approximate surface area is 93.1 Å². The predicted molar refractivity (Wildman–Crippen MR) is 65.6 cm³/mol. The van der Waals surface area contributed by atoms with E-state index in [1.807, 2.05) is 6.92 Å². The molecule has 0 atom stereocenters. The Balaban J connectivity index is 4.19. The summed E-state index contributed by atoms with van der Waals surface area (Å²) in [6, 6.07) is 0. The molecule has 0 heterocycles. The van der Waals surface area contributed by atoms with Crippen molar-refractivity contribution in [2.24, 2.45) is 16.3 Å². The Hall–Kier alpha value is -0.810. The van der Waals surface area contributed by atoms with Gasteiger partial charge in [-0.05, 0) is 26.4 Å². The van der Waals surface area contributed by atoms with Gasteiger partial charge >= 0.3 is 0 Å². The molecule has 0 unspecified atom stereocenters. The summed E-state index contributed by atoms with van der Waals surface area (Å²) < 4.78 is 0. The molecule has 0 aromatic rings. The van der Waals surface area contributed by atoms with Gasteiger partial charge in [-0.25, -0.2) is 5.84 Å². The summed E-state index contributed by atoms with van der Waals surface area (Å²) in [5, 5.41) is 3.06. The Morgan fingerprint density at radius 1 is 1.40 bits per heavy atom. The molecule has 0 spiro atoms. The third-order valence-electron chi connectivity index (χ3n) is 1.89. The second kappa shape index (κ2) is 6.63. The number of hydrazine groups is 1. The van der Waals surface area contributed by atoms with E-state index < -0.39 is 0 Å². The van der Waals surface area contributed by atoms with E-state index in [4.69, 9.17) is 5.84 Å². The van der Waals surface area contributed by atoms with Crippen LogP contribution in [0.5, 0.6) is 0 Å². The second-order valence-electron chi connectivity index (χ2n) is 4.74. The summed E-state index contributed by atoms with van der Waals surface area (Å²) in [7, 11) is 4.13. The van der Waals surface area contributed by atoms with E-state index in [1.54, 1.807) is 0 Å². The van der Waals surface area contributed by atoms with E-state index in [1.165, 1.54) is 0 Å². The normalized spacial score (nSPS) is 13.1. The Bertz CT molecular complexity index is 198. The minimum atomic E-state index is 0.154. The molecule has 0 radical (unpaired) electrons. The number of nitrogens with one attached hydrogen (secondary N) is 2. The van der Waals surface area contributed by atoms with Gasteiger partial charge in [-0.15, -0.1) is 0 Å². The molecule has 5 heteroatoms. The number of nitrogens with two attached hydrogens (primary N) is 1. The maximum Gasteiger partial charge on any atom is 0.205 e. The van der Waals surface area contributed by atoms with Crippen LogP contribution >= 0.6 is 0 Å². The number of guanidine groups is 1. The van der Waals surface area contributed by atoms with Crippen molar-refractivity contribution in [3.05, 3.63) is 0 Å². The van der Waals surface area contributed by atoms with Crippen molar-refractivity contribution in [3.63, 3.8) is 0 Å². The van der Waals surface area contributed by atoms with Gasteiger partial charge in [-0.3, -0.25) is 10.4 Å². The topological polar surface area (TPSA) is 65.7 Å². The van der Waals surface area contributed by atoms with Crippen molar-refractivity contribution >= 4 is 5.96 Å². The van der Waals surface area contributed by atoms with E-state index in [-0.39, 0.29) is 5.41 Å². The van der Waals surface area contributed by atoms with Crippen LogP contribution in [0.25, 0.3) is 0 Å². The molecule has 0 aliphatic heterocycles. The van der Waals surface area contributed by atoms with Crippen LogP contribution in [-0.4, -0.2) is 44.6 Å². The standard InChI is InChI=1S/C10H25N5/c1-6-12-9(14-11)13-7-10(2,3)8-15(4)5/h6-8,11H2,1-5H3,(H2,12,13,14). The highest BCUT2D eigenvalue weighted by atomic mass is 15.3. The van der Waals surface area contributed by atoms with Gasteiger partial charge in [0.25, 0.3) is 0 Å². The molecular formula is C10H25N5. The lowest BCUT2D eigenvalue weighted by atomic mass is 9.93. The summed E-state index contributed by atoms with van der Waals surface area (Å²) in [6.07, 6.45) is 0. The molecule has 0 fully saturated rings. The third kappa shape index (κ3) is 7.16. The number of rotatable bonds is 5. The van der Waals surface area contributed by atoms with Gasteiger partial charge in [0.2, 0.25) is 5.96 Å². The average molecular weight is 215 g/mol. The van der Waals surface area contributed by atoms with Crippen LogP contribution in [0.2, 0.25) is 0 Å². The highest BCUT2D eigenvalue weighted by molar-refractivity contribution is 5.79. The highest BCUT2D eigenvalue weighted by Crippen LogP contribution is 2.15.